The van der Waals surface area contributed by atoms with E-state index < -0.39 is 89.5 Å². The van der Waals surface area contributed by atoms with Crippen molar-refractivity contribution in [3.05, 3.63) is 35.9 Å². The fourth-order valence-electron chi connectivity index (χ4n) is 5.32. The Bertz CT molecular complexity index is 1490. The minimum absolute atomic E-state index is 0.0448. The average Bonchev–Trinajstić information content (AvgIpc) is 3.77. The number of Topliss-reactive ketones (excluding diaryl/α,β-unsaturated/α-hetero) is 1. The summed E-state index contributed by atoms with van der Waals surface area (Å²) in [5, 5.41) is 19.8. The lowest BCUT2D eigenvalue weighted by Gasteiger charge is -2.33. The highest BCUT2D eigenvalue weighted by Gasteiger charge is 2.47. The molecule has 1 saturated carbocycles. The normalized spacial score (nSPS) is 17.7. The maximum Gasteiger partial charge on any atom is 0.408 e. The van der Waals surface area contributed by atoms with Gasteiger partial charge < -0.3 is 40.9 Å². The van der Waals surface area contributed by atoms with E-state index >= 15 is 0 Å². The summed E-state index contributed by atoms with van der Waals surface area (Å²) in [6.07, 6.45) is 0.541. The van der Waals surface area contributed by atoms with Gasteiger partial charge in [0.1, 0.15) is 18.1 Å². The van der Waals surface area contributed by atoms with E-state index in [0.717, 1.165) is 31.6 Å². The molecule has 6 amide bonds. The van der Waals surface area contributed by atoms with Crippen LogP contribution in [0.4, 0.5) is 13.6 Å². The second-order valence-corrected chi connectivity index (χ2v) is 14.9. The average molecular weight is 785 g/mol. The van der Waals surface area contributed by atoms with Crippen LogP contribution in [-0.4, -0.2) is 119 Å². The van der Waals surface area contributed by atoms with E-state index in [1.165, 1.54) is 41.6 Å². The first-order chi connectivity index (χ1) is 25.1. The number of alkyl halides is 2. The third kappa shape index (κ3) is 13.6. The zero-order valence-electron chi connectivity index (χ0n) is 31.9. The van der Waals surface area contributed by atoms with E-state index in [-0.39, 0.29) is 25.3 Å². The number of likely N-dealkylation sites (tertiary alicyclic amines) is 1. The molecule has 1 aromatic carbocycles. The number of aliphatic hydroxyl groups is 1. The molecule has 15 nitrogen and oxygen atoms in total. The Kier molecular flexibility index (Phi) is 17.4. The van der Waals surface area contributed by atoms with E-state index in [0.29, 0.717) is 12.0 Å². The third-order valence-electron chi connectivity index (χ3n) is 8.67. The van der Waals surface area contributed by atoms with Crippen LogP contribution < -0.4 is 21.3 Å². The molecule has 1 aliphatic carbocycles. The molecule has 6 unspecified atom stereocenters. The Morgan fingerprint density at radius 3 is 2.11 bits per heavy atom. The minimum Gasteiger partial charge on any atom is -0.437 e. The standard InChI is InChI=1S/C33H47F2N6O9P.C3H8/c1-18(42)24(39-31(49)50-32(2,3)33(34,35)51)30(48)41-15-9-12-22(41)27(45)37-21(16-19-13-14-19)26(44)28(46)36-17-23(43)38-25(29(47)40(4)5)20-10-7-6-8-11-20;1-3-2/h6-8,10-11,18-19,21-22,24-25,42H,9,12-17,51H2,1-5H3,(H,36,46)(H,37,45)(H,38,43)(H,39,49);3H2,1-2H3. The lowest BCUT2D eigenvalue weighted by Crippen LogP contribution is -2.59. The van der Waals surface area contributed by atoms with Crippen LogP contribution >= 0.6 is 9.24 Å². The molecule has 1 aromatic rings. The molecular weight excluding hydrogens is 729 g/mol. The van der Waals surface area contributed by atoms with Crippen molar-refractivity contribution in [3.8, 4) is 0 Å². The van der Waals surface area contributed by atoms with Gasteiger partial charge in [-0.1, -0.05) is 72.7 Å². The Morgan fingerprint density at radius 1 is 1.00 bits per heavy atom. The minimum atomic E-state index is -3.51. The Balaban J connectivity index is 0.00000325. The molecule has 1 heterocycles. The molecule has 0 radical (unpaired) electrons. The number of hydrogen-bond acceptors (Lipinski definition) is 9. The zero-order chi connectivity index (χ0) is 41.0. The Labute approximate surface area is 317 Å². The van der Waals surface area contributed by atoms with E-state index in [9.17, 15) is 47.4 Å². The highest BCUT2D eigenvalue weighted by molar-refractivity contribution is 7.18. The van der Waals surface area contributed by atoms with Gasteiger partial charge in [-0.3, -0.25) is 28.8 Å². The number of likely N-dealkylation sites (N-methyl/N-ethyl adjacent to an activating group) is 1. The first-order valence-corrected chi connectivity index (χ1v) is 18.5. The second kappa shape index (κ2) is 20.4. The topological polar surface area (TPSA) is 204 Å². The third-order valence-corrected chi connectivity index (χ3v) is 9.36. The fraction of sp³-hybridized carbons (Fsp3) is 0.639. The van der Waals surface area contributed by atoms with Crippen LogP contribution in [0.15, 0.2) is 30.3 Å². The number of amides is 6. The van der Waals surface area contributed by atoms with Crippen molar-refractivity contribution in [1.29, 1.82) is 0 Å². The lowest BCUT2D eigenvalue weighted by molar-refractivity contribution is -0.144. The molecule has 0 spiro atoms. The number of nitrogens with one attached hydrogen (secondary N) is 4. The lowest BCUT2D eigenvalue weighted by atomic mass is 10.0. The molecule has 2 aliphatic rings. The summed E-state index contributed by atoms with van der Waals surface area (Å²) in [6, 6.07) is 3.34. The van der Waals surface area contributed by atoms with E-state index in [1.807, 2.05) is 0 Å². The van der Waals surface area contributed by atoms with Crippen molar-refractivity contribution in [2.45, 2.75) is 115 Å². The van der Waals surface area contributed by atoms with Crippen molar-refractivity contribution < 1.29 is 52.2 Å². The molecule has 3 rings (SSSR count). The van der Waals surface area contributed by atoms with Crippen LogP contribution in [0.1, 0.15) is 84.7 Å². The number of alkyl carbamates (subject to hydrolysis) is 1. The van der Waals surface area contributed by atoms with Crippen LogP contribution in [0.2, 0.25) is 0 Å². The molecule has 54 heavy (non-hydrogen) atoms. The first kappa shape index (κ1) is 45.9. The van der Waals surface area contributed by atoms with Gasteiger partial charge in [-0.25, -0.2) is 4.79 Å². The van der Waals surface area contributed by atoms with Crippen LogP contribution in [-0.2, 0) is 33.5 Å². The maximum atomic E-state index is 13.8. The summed E-state index contributed by atoms with van der Waals surface area (Å²) in [5.41, 5.74) is -5.28. The largest absolute Gasteiger partial charge is 0.437 e. The zero-order valence-corrected chi connectivity index (χ0v) is 33.1. The quantitative estimate of drug-likeness (QED) is 0.123. The van der Waals surface area contributed by atoms with Crippen LogP contribution in [0, 0.1) is 5.92 Å². The second-order valence-electron chi connectivity index (χ2n) is 14.2. The SMILES string of the molecule is CC(O)C(NC(=O)OC(C)(C)C(F)(F)P)C(=O)N1CCCC1C(=O)NC(CC1CC1)C(=O)C(=O)NCC(=O)NC(C(=O)N(C)C)c1ccccc1.CCC. The molecule has 1 saturated heterocycles. The number of hydrogen-bond donors (Lipinski definition) is 5. The number of ether oxygens (including phenoxy) is 1. The Morgan fingerprint density at radius 2 is 1.59 bits per heavy atom. The Hall–Kier alpha value is -4.24. The van der Waals surface area contributed by atoms with Crippen molar-refractivity contribution in [2.75, 3.05) is 27.2 Å². The molecule has 0 aromatic heterocycles. The van der Waals surface area contributed by atoms with Crippen molar-refractivity contribution in [3.63, 3.8) is 0 Å². The molecule has 0 bridgehead atoms. The van der Waals surface area contributed by atoms with Gasteiger partial charge in [-0.2, -0.15) is 8.78 Å². The van der Waals surface area contributed by atoms with E-state index in [1.54, 1.807) is 30.3 Å². The predicted octanol–water partition coefficient (Wildman–Crippen LogP) is 2.03. The van der Waals surface area contributed by atoms with Gasteiger partial charge in [0.15, 0.2) is 5.60 Å². The number of aliphatic hydroxyl groups excluding tert-OH is 1. The summed E-state index contributed by atoms with van der Waals surface area (Å²) in [5.74, 6) is -4.88. The number of rotatable bonds is 16. The summed E-state index contributed by atoms with van der Waals surface area (Å²) in [7, 11) is 4.32. The van der Waals surface area contributed by atoms with Gasteiger partial charge in [0.2, 0.25) is 29.4 Å². The van der Waals surface area contributed by atoms with Crippen LogP contribution in [0.25, 0.3) is 0 Å². The maximum absolute atomic E-state index is 13.8. The summed E-state index contributed by atoms with van der Waals surface area (Å²) in [6.45, 7) is 6.78. The predicted molar refractivity (Wildman–Crippen MR) is 198 cm³/mol. The number of carbonyl (C=O) groups is 7. The van der Waals surface area contributed by atoms with Gasteiger partial charge >= 0.3 is 6.09 Å². The van der Waals surface area contributed by atoms with Gasteiger partial charge in [0.05, 0.1) is 18.7 Å². The van der Waals surface area contributed by atoms with Gasteiger partial charge in [-0.05, 0) is 51.5 Å². The van der Waals surface area contributed by atoms with Crippen molar-refractivity contribution in [1.82, 2.24) is 31.1 Å². The number of halogens is 2. The van der Waals surface area contributed by atoms with Crippen molar-refractivity contribution >= 4 is 50.7 Å². The highest BCUT2D eigenvalue weighted by Crippen LogP contribution is 2.37. The molecule has 1 aliphatic heterocycles. The monoisotopic (exact) mass is 784 g/mol. The van der Waals surface area contributed by atoms with Crippen LogP contribution in [0.3, 0.4) is 0 Å². The first-order valence-electron chi connectivity index (χ1n) is 18.0. The highest BCUT2D eigenvalue weighted by atomic mass is 31.0. The van der Waals surface area contributed by atoms with Gasteiger partial charge in [0.25, 0.3) is 11.6 Å². The molecule has 5 N–H and O–H groups in total. The molecular formula is C36H55F2N6O9P. The van der Waals surface area contributed by atoms with Crippen LogP contribution in [0.5, 0.6) is 0 Å². The number of ketones is 1. The summed E-state index contributed by atoms with van der Waals surface area (Å²) in [4.78, 5) is 93.6. The molecule has 6 atom stereocenters. The number of benzene rings is 1. The van der Waals surface area contributed by atoms with E-state index in [2.05, 4.69) is 35.1 Å². The fourth-order valence-corrected chi connectivity index (χ4v) is 5.38. The molecule has 2 fully saturated rings. The summed E-state index contributed by atoms with van der Waals surface area (Å²) >= 11 is 0. The smallest absolute Gasteiger partial charge is 0.408 e. The molecule has 18 heteroatoms. The van der Waals surface area contributed by atoms with Crippen molar-refractivity contribution in [2.24, 2.45) is 5.92 Å². The number of carbonyl (C=O) groups excluding carboxylic acids is 7. The number of nitrogens with zero attached hydrogens (tertiary/aromatic N) is 2. The van der Waals surface area contributed by atoms with Gasteiger partial charge in [0, 0.05) is 20.6 Å². The van der Waals surface area contributed by atoms with E-state index in [4.69, 9.17) is 4.74 Å². The summed E-state index contributed by atoms with van der Waals surface area (Å²) < 4.78 is 32.5. The molecule has 302 valence electrons. The van der Waals surface area contributed by atoms with Gasteiger partial charge in [-0.15, -0.1) is 0 Å².